The van der Waals surface area contributed by atoms with Crippen LogP contribution in [0.25, 0.3) is 66.1 Å². The van der Waals surface area contributed by atoms with Crippen LogP contribution in [0.3, 0.4) is 0 Å². The van der Waals surface area contributed by atoms with E-state index in [9.17, 15) is 0 Å². The van der Waals surface area contributed by atoms with Crippen molar-refractivity contribution in [2.45, 2.75) is 25.7 Å². The number of nitrogens with zero attached hydrogens (tertiary/aromatic N) is 2. The second-order valence-electron chi connectivity index (χ2n) is 10.4. The molecule has 0 bridgehead atoms. The zero-order chi connectivity index (χ0) is 23.0. The molecule has 0 amide bonds. The third-order valence-corrected chi connectivity index (χ3v) is 8.91. The molecule has 5 aromatic carbocycles. The van der Waals surface area contributed by atoms with Gasteiger partial charge in [-0.1, -0.05) is 85.8 Å². The maximum absolute atomic E-state index is 5.35. The third kappa shape index (κ3) is 1.95. The first kappa shape index (κ1) is 18.2. The predicted octanol–water partition coefficient (Wildman–Crippen LogP) is 8.59. The van der Waals surface area contributed by atoms with Crippen LogP contribution in [0, 0.1) is 6.92 Å². The van der Waals surface area contributed by atoms with Crippen molar-refractivity contribution in [2.24, 2.45) is 0 Å². The number of fused-ring (bicyclic) bond motifs is 6. The van der Waals surface area contributed by atoms with E-state index in [1.54, 1.807) is 0 Å². The summed E-state index contributed by atoms with van der Waals surface area (Å²) in [5.74, 6) is 0.806. The van der Waals surface area contributed by atoms with Gasteiger partial charge in [-0.2, -0.15) is 5.10 Å². The second kappa shape index (κ2) is 5.90. The van der Waals surface area contributed by atoms with Crippen LogP contribution in [-0.2, 0) is 0 Å². The van der Waals surface area contributed by atoms with Crippen molar-refractivity contribution in [1.82, 2.24) is 9.61 Å². The van der Waals surface area contributed by atoms with Crippen LogP contribution in [-0.4, -0.2) is 9.61 Å². The van der Waals surface area contributed by atoms with E-state index < -0.39 is 0 Å². The molecule has 2 aromatic heterocycles. The van der Waals surface area contributed by atoms with E-state index in [1.165, 1.54) is 76.6 Å². The molecule has 2 heterocycles. The maximum Gasteiger partial charge on any atom is 0.0975 e. The van der Waals surface area contributed by atoms with E-state index >= 15 is 0 Å². The molecule has 0 fully saturated rings. The van der Waals surface area contributed by atoms with Crippen LogP contribution >= 0.6 is 0 Å². The quantitative estimate of drug-likeness (QED) is 0.168. The van der Waals surface area contributed by atoms with Gasteiger partial charge in [0.05, 0.1) is 16.7 Å². The van der Waals surface area contributed by atoms with Crippen LogP contribution in [0.4, 0.5) is 0 Å². The number of aryl methyl sites for hydroxylation is 1. The lowest BCUT2D eigenvalue weighted by molar-refractivity contribution is 0.671. The molecule has 0 saturated carbocycles. The topological polar surface area (TPSA) is 17.3 Å². The normalized spacial score (nSPS) is 18.5. The van der Waals surface area contributed by atoms with Crippen LogP contribution in [0.5, 0.6) is 0 Å². The average Bonchev–Trinajstić information content (AvgIpc) is 3.31. The largest absolute Gasteiger partial charge is 0.231 e. The standard InChI is InChI=1S/C33H22N2/c1-17-19-7-3-5-9-23(19)24-15-16-28-30-25(13-11-21(17)29(24)30)27-14-12-22-18(2)20-8-4-6-10-26(20)32-31(22)33(27)35(28)34-32/h3-16,18,22H,1-2H3. The minimum atomic E-state index is 0.365. The number of benzene rings is 5. The van der Waals surface area contributed by atoms with E-state index in [1.807, 2.05) is 0 Å². The Hall–Kier alpha value is -4.17. The number of aromatic nitrogens is 2. The molecule has 7 aromatic rings. The summed E-state index contributed by atoms with van der Waals surface area (Å²) < 4.78 is 2.26. The summed E-state index contributed by atoms with van der Waals surface area (Å²) in [4.78, 5) is 0. The molecule has 0 radical (unpaired) electrons. The Balaban J connectivity index is 1.55. The van der Waals surface area contributed by atoms with Crippen molar-refractivity contribution < 1.29 is 0 Å². The zero-order valence-electron chi connectivity index (χ0n) is 19.6. The Labute approximate surface area is 202 Å². The number of allylic oxidation sites excluding steroid dienone is 1. The van der Waals surface area contributed by atoms with Gasteiger partial charge in [0.15, 0.2) is 0 Å². The summed E-state index contributed by atoms with van der Waals surface area (Å²) in [5, 5.41) is 14.7. The molecule has 2 aliphatic rings. The smallest absolute Gasteiger partial charge is 0.0975 e. The molecule has 35 heavy (non-hydrogen) atoms. The Morgan fingerprint density at radius 3 is 2.43 bits per heavy atom. The van der Waals surface area contributed by atoms with Crippen molar-refractivity contribution >= 4 is 54.8 Å². The molecule has 2 aliphatic carbocycles. The van der Waals surface area contributed by atoms with Crippen molar-refractivity contribution in [3.63, 3.8) is 0 Å². The molecular formula is C33H22N2. The van der Waals surface area contributed by atoms with Gasteiger partial charge in [0, 0.05) is 28.0 Å². The Morgan fingerprint density at radius 1 is 0.743 bits per heavy atom. The second-order valence-corrected chi connectivity index (χ2v) is 10.4. The SMILES string of the molecule is Cc1c2ccccc2c2ccc3c4c(ccc1c24)c1c2c4c(nn23)-c2ccccc2C(C)C4C=C1. The fraction of sp³-hybridized carbons (Fsp3) is 0.121. The highest BCUT2D eigenvalue weighted by Gasteiger charge is 2.36. The lowest BCUT2D eigenvalue weighted by atomic mass is 9.72. The van der Waals surface area contributed by atoms with Gasteiger partial charge in [0.2, 0.25) is 0 Å². The van der Waals surface area contributed by atoms with E-state index in [-0.39, 0.29) is 0 Å². The highest BCUT2D eigenvalue weighted by molar-refractivity contribution is 6.31. The van der Waals surface area contributed by atoms with E-state index in [4.69, 9.17) is 5.10 Å². The molecule has 2 unspecified atom stereocenters. The number of hydrogen-bond donors (Lipinski definition) is 0. The molecule has 0 aliphatic heterocycles. The average molecular weight is 447 g/mol. The monoisotopic (exact) mass is 446 g/mol. The van der Waals surface area contributed by atoms with E-state index in [0.29, 0.717) is 11.8 Å². The summed E-state index contributed by atoms with van der Waals surface area (Å²) >= 11 is 0. The molecule has 2 atom stereocenters. The zero-order valence-corrected chi connectivity index (χ0v) is 19.6. The van der Waals surface area contributed by atoms with Crippen LogP contribution in [0.2, 0.25) is 0 Å². The molecule has 0 N–H and O–H groups in total. The van der Waals surface area contributed by atoms with E-state index in [2.05, 4.69) is 103 Å². The van der Waals surface area contributed by atoms with Gasteiger partial charge in [-0.25, -0.2) is 4.52 Å². The summed E-state index contributed by atoms with van der Waals surface area (Å²) in [6, 6.07) is 27.0. The number of rotatable bonds is 0. The maximum atomic E-state index is 5.35. The van der Waals surface area contributed by atoms with Gasteiger partial charge in [-0.3, -0.25) is 0 Å². The first-order valence-corrected chi connectivity index (χ1v) is 12.5. The van der Waals surface area contributed by atoms with Crippen molar-refractivity contribution in [1.29, 1.82) is 0 Å². The van der Waals surface area contributed by atoms with Crippen molar-refractivity contribution in [3.8, 4) is 11.3 Å². The first-order valence-electron chi connectivity index (χ1n) is 12.5. The summed E-state index contributed by atoms with van der Waals surface area (Å²) in [5.41, 5.74) is 10.4. The lowest BCUT2D eigenvalue weighted by Gasteiger charge is -2.31. The van der Waals surface area contributed by atoms with E-state index in [0.717, 1.165) is 5.69 Å². The first-order chi connectivity index (χ1) is 17.2. The van der Waals surface area contributed by atoms with Gasteiger partial charge in [-0.15, -0.1) is 0 Å². The van der Waals surface area contributed by atoms with Gasteiger partial charge in [0.1, 0.15) is 0 Å². The minimum Gasteiger partial charge on any atom is -0.231 e. The van der Waals surface area contributed by atoms with Crippen LogP contribution < -0.4 is 0 Å². The molecule has 0 saturated heterocycles. The lowest BCUT2D eigenvalue weighted by Crippen LogP contribution is -2.15. The highest BCUT2D eigenvalue weighted by Crippen LogP contribution is 2.53. The molecular weight excluding hydrogens is 424 g/mol. The fourth-order valence-corrected chi connectivity index (χ4v) is 7.30. The summed E-state index contributed by atoms with van der Waals surface area (Å²) in [6.45, 7) is 4.63. The molecule has 2 heteroatoms. The third-order valence-electron chi connectivity index (χ3n) is 8.91. The summed E-state index contributed by atoms with van der Waals surface area (Å²) in [6.07, 6.45) is 4.81. The Morgan fingerprint density at radius 2 is 1.51 bits per heavy atom. The number of hydrogen-bond acceptors (Lipinski definition) is 1. The van der Waals surface area contributed by atoms with Crippen LogP contribution in [0.15, 0.2) is 78.9 Å². The van der Waals surface area contributed by atoms with Gasteiger partial charge >= 0.3 is 0 Å². The van der Waals surface area contributed by atoms with Gasteiger partial charge in [-0.05, 0) is 62.4 Å². The fourth-order valence-electron chi connectivity index (χ4n) is 7.30. The number of pyridine rings is 1. The predicted molar refractivity (Wildman–Crippen MR) is 147 cm³/mol. The molecule has 2 nitrogen and oxygen atoms in total. The van der Waals surface area contributed by atoms with Gasteiger partial charge < -0.3 is 0 Å². The summed E-state index contributed by atoms with van der Waals surface area (Å²) in [7, 11) is 0. The Kier molecular flexibility index (Phi) is 3.07. The van der Waals surface area contributed by atoms with Gasteiger partial charge in [0.25, 0.3) is 0 Å². The molecule has 0 spiro atoms. The van der Waals surface area contributed by atoms with Crippen LogP contribution in [0.1, 0.15) is 41.0 Å². The Bertz CT molecular complexity index is 2090. The molecule has 164 valence electrons. The van der Waals surface area contributed by atoms with Crippen molar-refractivity contribution in [3.05, 3.63) is 101 Å². The van der Waals surface area contributed by atoms with Crippen molar-refractivity contribution in [2.75, 3.05) is 0 Å². The highest BCUT2D eigenvalue weighted by atomic mass is 15.2. The molecule has 9 rings (SSSR count). The minimum absolute atomic E-state index is 0.365.